The molecule has 1 saturated carbocycles. The number of hydrogen-bond acceptors (Lipinski definition) is 3. The summed E-state index contributed by atoms with van der Waals surface area (Å²) >= 11 is 0. The van der Waals surface area contributed by atoms with Crippen LogP contribution < -0.4 is 16.4 Å². The van der Waals surface area contributed by atoms with Crippen LogP contribution in [0.3, 0.4) is 0 Å². The number of nitrogens with two attached hydrogens (primary N) is 1. The summed E-state index contributed by atoms with van der Waals surface area (Å²) in [6, 6.07) is 6.72. The first-order valence-electron chi connectivity index (χ1n) is 6.06. The monoisotopic (exact) mass is 283 g/mol. The minimum absolute atomic E-state index is 0. The van der Waals surface area contributed by atoms with Gasteiger partial charge in [-0.2, -0.15) is 0 Å². The van der Waals surface area contributed by atoms with Crippen LogP contribution in [0.25, 0.3) is 0 Å². The second kappa shape index (κ2) is 7.11. The number of para-hydroxylation sites is 1. The topological polar surface area (TPSA) is 84.2 Å². The van der Waals surface area contributed by atoms with E-state index in [0.29, 0.717) is 11.3 Å². The zero-order valence-corrected chi connectivity index (χ0v) is 11.3. The third-order valence-electron chi connectivity index (χ3n) is 2.88. The molecule has 0 heterocycles. The highest BCUT2D eigenvalue weighted by Gasteiger charge is 2.20. The number of nitrogens with one attached hydrogen (secondary N) is 2. The number of rotatable bonds is 6. The molecule has 0 bridgehead atoms. The molecule has 0 atom stereocenters. The summed E-state index contributed by atoms with van der Waals surface area (Å²) in [5, 5.41) is 5.77. The molecule has 1 fully saturated rings. The van der Waals surface area contributed by atoms with Gasteiger partial charge in [0, 0.05) is 0 Å². The standard InChI is InChI=1S/C13H17N3O2.ClH/c14-13(18)10-3-1-2-4-11(10)16-12(17)8-15-7-9-5-6-9;/h1-4,9,15H,5-8H2,(H2,14,18)(H,16,17);1H. The molecular formula is C13H18ClN3O2. The first kappa shape index (κ1) is 15.5. The van der Waals surface area contributed by atoms with Gasteiger partial charge in [-0.15, -0.1) is 12.4 Å². The van der Waals surface area contributed by atoms with Crippen molar-refractivity contribution < 1.29 is 9.59 Å². The summed E-state index contributed by atoms with van der Waals surface area (Å²) in [4.78, 5) is 22.8. The molecule has 104 valence electrons. The van der Waals surface area contributed by atoms with E-state index < -0.39 is 5.91 Å². The van der Waals surface area contributed by atoms with E-state index in [2.05, 4.69) is 10.6 Å². The van der Waals surface area contributed by atoms with E-state index in [1.54, 1.807) is 24.3 Å². The molecule has 0 aliphatic heterocycles. The molecule has 0 radical (unpaired) electrons. The van der Waals surface area contributed by atoms with Crippen LogP contribution in [0.2, 0.25) is 0 Å². The van der Waals surface area contributed by atoms with Crippen molar-refractivity contribution in [1.29, 1.82) is 0 Å². The lowest BCUT2D eigenvalue weighted by Crippen LogP contribution is -2.30. The fraction of sp³-hybridized carbons (Fsp3) is 0.385. The number of primary amides is 1. The average Bonchev–Trinajstić information content (AvgIpc) is 3.13. The van der Waals surface area contributed by atoms with E-state index in [0.717, 1.165) is 12.5 Å². The van der Waals surface area contributed by atoms with Gasteiger partial charge < -0.3 is 16.4 Å². The van der Waals surface area contributed by atoms with E-state index in [4.69, 9.17) is 5.73 Å². The third kappa shape index (κ3) is 4.89. The lowest BCUT2D eigenvalue weighted by atomic mass is 10.1. The third-order valence-corrected chi connectivity index (χ3v) is 2.88. The molecular weight excluding hydrogens is 266 g/mol. The highest BCUT2D eigenvalue weighted by molar-refractivity contribution is 6.03. The Balaban J connectivity index is 0.00000180. The lowest BCUT2D eigenvalue weighted by molar-refractivity contribution is -0.115. The van der Waals surface area contributed by atoms with Gasteiger partial charge >= 0.3 is 0 Å². The first-order chi connectivity index (χ1) is 8.66. The zero-order valence-electron chi connectivity index (χ0n) is 10.5. The van der Waals surface area contributed by atoms with E-state index in [9.17, 15) is 9.59 Å². The maximum absolute atomic E-state index is 11.7. The molecule has 0 saturated heterocycles. The molecule has 1 aromatic rings. The van der Waals surface area contributed by atoms with Crippen molar-refractivity contribution in [2.75, 3.05) is 18.4 Å². The highest BCUT2D eigenvalue weighted by Crippen LogP contribution is 2.27. The van der Waals surface area contributed by atoms with Crippen molar-refractivity contribution in [2.45, 2.75) is 12.8 Å². The van der Waals surface area contributed by atoms with E-state index >= 15 is 0 Å². The smallest absolute Gasteiger partial charge is 0.250 e. The molecule has 4 N–H and O–H groups in total. The van der Waals surface area contributed by atoms with Crippen LogP contribution >= 0.6 is 12.4 Å². The van der Waals surface area contributed by atoms with Crippen molar-refractivity contribution in [3.8, 4) is 0 Å². The van der Waals surface area contributed by atoms with Crippen LogP contribution in [0, 0.1) is 5.92 Å². The van der Waals surface area contributed by atoms with Crippen molar-refractivity contribution in [3.05, 3.63) is 29.8 Å². The van der Waals surface area contributed by atoms with Gasteiger partial charge in [0.1, 0.15) is 0 Å². The zero-order chi connectivity index (χ0) is 13.0. The Morgan fingerprint density at radius 2 is 1.95 bits per heavy atom. The number of hydrogen-bond donors (Lipinski definition) is 3. The second-order valence-electron chi connectivity index (χ2n) is 4.53. The van der Waals surface area contributed by atoms with Gasteiger partial charge in [-0.3, -0.25) is 9.59 Å². The normalized spacial score (nSPS) is 13.5. The van der Waals surface area contributed by atoms with Crippen LogP contribution in [-0.2, 0) is 4.79 Å². The molecule has 19 heavy (non-hydrogen) atoms. The first-order valence-corrected chi connectivity index (χ1v) is 6.06. The van der Waals surface area contributed by atoms with Crippen LogP contribution in [0.4, 0.5) is 5.69 Å². The minimum atomic E-state index is -0.545. The SMILES string of the molecule is Cl.NC(=O)c1ccccc1NC(=O)CNCC1CC1. The predicted octanol–water partition coefficient (Wildman–Crippen LogP) is 1.15. The lowest BCUT2D eigenvalue weighted by Gasteiger charge is -2.09. The van der Waals surface area contributed by atoms with Crippen molar-refractivity contribution >= 4 is 29.9 Å². The van der Waals surface area contributed by atoms with Crippen molar-refractivity contribution in [3.63, 3.8) is 0 Å². The van der Waals surface area contributed by atoms with Gasteiger partial charge in [-0.1, -0.05) is 12.1 Å². The quantitative estimate of drug-likeness (QED) is 0.732. The Labute approximate surface area is 118 Å². The number of carbonyl (C=O) groups excluding carboxylic acids is 2. The Morgan fingerprint density at radius 1 is 1.26 bits per heavy atom. The maximum atomic E-state index is 11.7. The van der Waals surface area contributed by atoms with Gasteiger partial charge in [-0.05, 0) is 37.4 Å². The van der Waals surface area contributed by atoms with Crippen LogP contribution in [0.1, 0.15) is 23.2 Å². The molecule has 0 unspecified atom stereocenters. The number of benzene rings is 1. The second-order valence-corrected chi connectivity index (χ2v) is 4.53. The van der Waals surface area contributed by atoms with Gasteiger partial charge in [0.15, 0.2) is 0 Å². The summed E-state index contributed by atoms with van der Waals surface area (Å²) in [7, 11) is 0. The molecule has 0 aromatic heterocycles. The summed E-state index contributed by atoms with van der Waals surface area (Å²) in [5.74, 6) is 0.0249. The Kier molecular flexibility index (Phi) is 5.79. The summed E-state index contributed by atoms with van der Waals surface area (Å²) in [6.45, 7) is 1.13. The Morgan fingerprint density at radius 3 is 2.58 bits per heavy atom. The average molecular weight is 284 g/mol. The van der Waals surface area contributed by atoms with Gasteiger partial charge in [0.2, 0.25) is 5.91 Å². The maximum Gasteiger partial charge on any atom is 0.250 e. The van der Waals surface area contributed by atoms with Gasteiger partial charge in [-0.25, -0.2) is 0 Å². The summed E-state index contributed by atoms with van der Waals surface area (Å²) < 4.78 is 0. The molecule has 0 spiro atoms. The van der Waals surface area contributed by atoms with E-state index in [-0.39, 0.29) is 24.9 Å². The van der Waals surface area contributed by atoms with E-state index in [1.807, 2.05) is 0 Å². The number of carbonyl (C=O) groups is 2. The van der Waals surface area contributed by atoms with Crippen LogP contribution in [-0.4, -0.2) is 24.9 Å². The summed E-state index contributed by atoms with van der Waals surface area (Å²) in [5.41, 5.74) is 6.02. The largest absolute Gasteiger partial charge is 0.366 e. The van der Waals surface area contributed by atoms with Crippen molar-refractivity contribution in [2.24, 2.45) is 11.7 Å². The number of halogens is 1. The fourth-order valence-electron chi connectivity index (χ4n) is 1.71. The number of amides is 2. The van der Waals surface area contributed by atoms with E-state index in [1.165, 1.54) is 12.8 Å². The highest BCUT2D eigenvalue weighted by atomic mass is 35.5. The van der Waals surface area contributed by atoms with Gasteiger partial charge in [0.05, 0.1) is 17.8 Å². The molecule has 5 nitrogen and oxygen atoms in total. The van der Waals surface area contributed by atoms with Crippen LogP contribution in [0.15, 0.2) is 24.3 Å². The molecule has 1 aromatic carbocycles. The van der Waals surface area contributed by atoms with Crippen molar-refractivity contribution in [1.82, 2.24) is 5.32 Å². The molecule has 6 heteroatoms. The van der Waals surface area contributed by atoms with Gasteiger partial charge in [0.25, 0.3) is 5.91 Å². The van der Waals surface area contributed by atoms with Crippen LogP contribution in [0.5, 0.6) is 0 Å². The minimum Gasteiger partial charge on any atom is -0.366 e. The molecule has 1 aliphatic rings. The number of anilines is 1. The summed E-state index contributed by atoms with van der Waals surface area (Å²) in [6.07, 6.45) is 2.50. The Bertz CT molecular complexity index is 461. The molecule has 2 amide bonds. The predicted molar refractivity (Wildman–Crippen MR) is 76.4 cm³/mol. The fourth-order valence-corrected chi connectivity index (χ4v) is 1.71. The molecule has 2 rings (SSSR count). The molecule has 1 aliphatic carbocycles. The Hall–Kier alpha value is -1.59.